The molecule has 44 heavy (non-hydrogen) atoms. The van der Waals surface area contributed by atoms with Crippen molar-refractivity contribution >= 4 is 16.8 Å². The summed E-state index contributed by atoms with van der Waals surface area (Å²) in [4.78, 5) is 0. The summed E-state index contributed by atoms with van der Waals surface area (Å²) in [5, 5.41) is 12.7. The van der Waals surface area contributed by atoms with Gasteiger partial charge in [0.05, 0.1) is 15.8 Å². The summed E-state index contributed by atoms with van der Waals surface area (Å²) in [6, 6.07) is 51.3. The zero-order valence-corrected chi connectivity index (χ0v) is 25.1. The van der Waals surface area contributed by atoms with Crippen LogP contribution in [0, 0.1) is 5.41 Å². The van der Waals surface area contributed by atoms with Gasteiger partial charge in [-0.1, -0.05) is 145 Å². The largest absolute Gasteiger partial charge is 0.457 e. The minimum atomic E-state index is -0.450. The maximum atomic E-state index is 8.80. The lowest BCUT2D eigenvalue weighted by Crippen LogP contribution is -2.32. The zero-order valence-electron chi connectivity index (χ0n) is 24.3. The van der Waals surface area contributed by atoms with E-state index in [1.54, 1.807) is 0 Å². The van der Waals surface area contributed by atoms with Crippen LogP contribution in [0.3, 0.4) is 0 Å². The predicted octanol–water partition coefficient (Wildman–Crippen LogP) is 9.80. The van der Waals surface area contributed by atoms with Crippen LogP contribution in [-0.4, -0.2) is 12.1 Å². The van der Waals surface area contributed by atoms with Crippen molar-refractivity contribution < 1.29 is 4.74 Å². The van der Waals surface area contributed by atoms with Gasteiger partial charge in [0, 0.05) is 16.7 Å². The normalized spacial score (nSPS) is 14.1. The van der Waals surface area contributed by atoms with Crippen molar-refractivity contribution in [3.63, 3.8) is 0 Å². The quantitative estimate of drug-likeness (QED) is 0.120. The summed E-state index contributed by atoms with van der Waals surface area (Å²) in [6.07, 6.45) is 0. The second-order valence-corrected chi connectivity index (χ2v) is 12.4. The van der Waals surface area contributed by atoms with Gasteiger partial charge in [0.15, 0.2) is 0 Å². The van der Waals surface area contributed by atoms with Gasteiger partial charge in [0.1, 0.15) is 11.5 Å². The molecule has 6 aromatic carbocycles. The monoisotopic (exact) mass is 586 g/mol. The number of thioether (sulfide) groups is 1. The Morgan fingerprint density at radius 3 is 1.86 bits per heavy atom. The number of ether oxygens (including phenoxy) is 1. The Bertz CT molecular complexity index is 1990. The molecule has 1 atom stereocenters. The fourth-order valence-corrected chi connectivity index (χ4v) is 7.88. The van der Waals surface area contributed by atoms with Gasteiger partial charge in [-0.2, -0.15) is 0 Å². The van der Waals surface area contributed by atoms with Gasteiger partial charge in [-0.25, -0.2) is 0 Å². The summed E-state index contributed by atoms with van der Waals surface area (Å²) in [6.45, 7) is 0. The molecule has 212 valence electrons. The molecule has 6 aromatic rings. The van der Waals surface area contributed by atoms with Crippen LogP contribution in [0.4, 0.5) is 0 Å². The first-order chi connectivity index (χ1) is 21.7. The molecule has 8 rings (SSSR count). The van der Waals surface area contributed by atoms with E-state index in [0.29, 0.717) is 5.04 Å². The minimum Gasteiger partial charge on any atom is -0.457 e. The Morgan fingerprint density at radius 2 is 1.18 bits per heavy atom. The van der Waals surface area contributed by atoms with Gasteiger partial charge in [-0.05, 0) is 58.1 Å². The summed E-state index contributed by atoms with van der Waals surface area (Å²) in [5.74, 6) is 1.77. The molecule has 1 heterocycles. The maximum Gasteiger partial charge on any atom is 0.132 e. The highest BCUT2D eigenvalue weighted by Crippen LogP contribution is 2.62. The second kappa shape index (κ2) is 10.7. The highest BCUT2D eigenvalue weighted by atomic mass is 32.2. The molecule has 0 radical (unpaired) electrons. The number of hydrogen-bond donors (Lipinski definition) is 2. The van der Waals surface area contributed by atoms with Crippen molar-refractivity contribution in [2.24, 2.45) is 0 Å². The minimum absolute atomic E-state index is 0.0159. The smallest absolute Gasteiger partial charge is 0.132 e. The molecule has 1 spiro atoms. The Labute approximate surface area is 262 Å². The third-order valence-corrected chi connectivity index (χ3v) is 10.1. The summed E-state index contributed by atoms with van der Waals surface area (Å²) in [7, 11) is 1.94. The van der Waals surface area contributed by atoms with Crippen LogP contribution in [-0.2, 0) is 5.41 Å². The van der Waals surface area contributed by atoms with Crippen LogP contribution in [0.25, 0.3) is 22.3 Å². The van der Waals surface area contributed by atoms with E-state index in [9.17, 15) is 0 Å². The average Bonchev–Trinajstić information content (AvgIpc) is 3.38. The van der Waals surface area contributed by atoms with Gasteiger partial charge < -0.3 is 10.1 Å². The molecule has 1 aliphatic carbocycles. The molecule has 2 aliphatic rings. The first kappa shape index (κ1) is 26.7. The van der Waals surface area contributed by atoms with Gasteiger partial charge in [0.25, 0.3) is 0 Å². The summed E-state index contributed by atoms with van der Waals surface area (Å²) >= 11 is 1.52. The Kier molecular flexibility index (Phi) is 6.48. The molecule has 1 aliphatic heterocycles. The van der Waals surface area contributed by atoms with E-state index in [2.05, 4.69) is 121 Å². The van der Waals surface area contributed by atoms with Crippen molar-refractivity contribution in [2.75, 3.05) is 7.05 Å². The van der Waals surface area contributed by atoms with Gasteiger partial charge >= 0.3 is 0 Å². The van der Waals surface area contributed by atoms with Gasteiger partial charge in [0.2, 0.25) is 0 Å². The lowest BCUT2D eigenvalue weighted by Gasteiger charge is -2.39. The van der Waals surface area contributed by atoms with Crippen molar-refractivity contribution in [1.29, 1.82) is 5.41 Å². The lowest BCUT2D eigenvalue weighted by atomic mass is 9.66. The van der Waals surface area contributed by atoms with Crippen LogP contribution in [0.2, 0.25) is 0 Å². The highest BCUT2D eigenvalue weighted by molar-refractivity contribution is 8.14. The van der Waals surface area contributed by atoms with Gasteiger partial charge in [-0.3, -0.25) is 5.41 Å². The van der Waals surface area contributed by atoms with Crippen LogP contribution in [0.1, 0.15) is 38.8 Å². The van der Waals surface area contributed by atoms with E-state index in [0.717, 1.165) is 39.3 Å². The number of fused-ring (bicyclic) bond motifs is 9. The molecule has 0 amide bonds. The third-order valence-electron chi connectivity index (χ3n) is 8.93. The maximum absolute atomic E-state index is 8.80. The van der Waals surface area contributed by atoms with E-state index < -0.39 is 5.41 Å². The Hall–Kier alpha value is -4.90. The summed E-state index contributed by atoms with van der Waals surface area (Å²) < 4.78 is 6.67. The van der Waals surface area contributed by atoms with Crippen molar-refractivity contribution in [2.45, 2.75) is 10.8 Å². The first-order valence-corrected chi connectivity index (χ1v) is 15.8. The number of nitrogens with one attached hydrogen (secondary N) is 2. The van der Waals surface area contributed by atoms with Crippen LogP contribution < -0.4 is 10.1 Å². The fourth-order valence-electron chi connectivity index (χ4n) is 6.96. The van der Waals surface area contributed by atoms with Crippen LogP contribution in [0.5, 0.6) is 11.5 Å². The highest BCUT2D eigenvalue weighted by Gasteiger charge is 2.50. The Balaban J connectivity index is 1.18. The summed E-state index contributed by atoms with van der Waals surface area (Å²) in [5.41, 5.74) is 11.2. The second-order valence-electron chi connectivity index (χ2n) is 11.3. The molecular formula is C40H30N2OS. The molecule has 1 unspecified atom stereocenters. The SMILES string of the molecule is CNC(SC(=N)c1ccc(-c2ccc3c(c2)Oc2ccccc2C32c3ccccc3-c3ccccc32)cc1)c1ccccc1. The van der Waals surface area contributed by atoms with E-state index in [4.69, 9.17) is 10.1 Å². The van der Waals surface area contributed by atoms with Crippen molar-refractivity contribution in [3.05, 3.63) is 179 Å². The molecule has 3 nitrogen and oxygen atoms in total. The molecule has 0 saturated carbocycles. The number of hydrogen-bond acceptors (Lipinski definition) is 4. The van der Waals surface area contributed by atoms with E-state index in [1.165, 1.54) is 39.6 Å². The molecule has 0 saturated heterocycles. The molecule has 4 heteroatoms. The molecule has 2 N–H and O–H groups in total. The fraction of sp³-hybridized carbons (Fsp3) is 0.0750. The zero-order chi connectivity index (χ0) is 29.7. The van der Waals surface area contributed by atoms with Crippen molar-refractivity contribution in [3.8, 4) is 33.8 Å². The predicted molar refractivity (Wildman–Crippen MR) is 182 cm³/mol. The van der Waals surface area contributed by atoms with E-state index in [1.807, 2.05) is 37.4 Å². The van der Waals surface area contributed by atoms with Crippen LogP contribution >= 0.6 is 11.8 Å². The molecule has 0 bridgehead atoms. The average molecular weight is 587 g/mol. The van der Waals surface area contributed by atoms with Crippen LogP contribution in [0.15, 0.2) is 146 Å². The molecule has 0 aromatic heterocycles. The van der Waals surface area contributed by atoms with Gasteiger partial charge in [-0.15, -0.1) is 0 Å². The first-order valence-electron chi connectivity index (χ1n) is 14.9. The lowest BCUT2D eigenvalue weighted by molar-refractivity contribution is 0.436. The number of benzene rings is 6. The van der Waals surface area contributed by atoms with Crippen molar-refractivity contribution in [1.82, 2.24) is 5.32 Å². The molecule has 0 fully saturated rings. The van der Waals surface area contributed by atoms with E-state index in [-0.39, 0.29) is 5.37 Å². The topological polar surface area (TPSA) is 45.1 Å². The standard InChI is InChI=1S/C40H30N2OS/c1-42-39(28-11-3-2-4-12-28)44-38(41)27-21-19-26(20-22-27)29-23-24-35-37(25-29)43-36-18-10-9-17-34(36)40(35)32-15-7-5-13-30(32)31-14-6-8-16-33(31)40/h2-25,39,41-42H,1H3. The van der Waals surface area contributed by atoms with E-state index >= 15 is 0 Å². The number of rotatable bonds is 5. The Morgan fingerprint density at radius 1 is 0.614 bits per heavy atom. The number of para-hydroxylation sites is 1. The molecular weight excluding hydrogens is 557 g/mol. The third kappa shape index (κ3) is 4.06.